The third-order valence-electron chi connectivity index (χ3n) is 2.60. The smallest absolute Gasteiger partial charge is 0.186 e. The molecule has 1 aromatic rings. The maximum Gasteiger partial charge on any atom is 0.186 e. The van der Waals surface area contributed by atoms with Gasteiger partial charge in [-0.3, -0.25) is 0 Å². The lowest BCUT2D eigenvalue weighted by Crippen LogP contribution is -2.06. The van der Waals surface area contributed by atoms with E-state index < -0.39 is 11.1 Å². The Kier molecular flexibility index (Phi) is 3.84. The first-order valence-electron chi connectivity index (χ1n) is 4.73. The van der Waals surface area contributed by atoms with Gasteiger partial charge < -0.3 is 4.55 Å². The van der Waals surface area contributed by atoms with Gasteiger partial charge in [0.05, 0.1) is 4.90 Å². The molecule has 2 atom stereocenters. The highest BCUT2D eigenvalue weighted by molar-refractivity contribution is 7.79. The second-order valence-corrected chi connectivity index (χ2v) is 4.76. The quantitative estimate of drug-likeness (QED) is 0.782. The van der Waals surface area contributed by atoms with Crippen LogP contribution in [0.5, 0.6) is 0 Å². The zero-order valence-corrected chi connectivity index (χ0v) is 9.54. The van der Waals surface area contributed by atoms with Crippen molar-refractivity contribution in [1.82, 2.24) is 0 Å². The molecule has 0 aromatic heterocycles. The van der Waals surface area contributed by atoms with Gasteiger partial charge in [0.2, 0.25) is 0 Å². The summed E-state index contributed by atoms with van der Waals surface area (Å²) in [5.74, 6) is 0.780. The van der Waals surface area contributed by atoms with Crippen LogP contribution in [-0.2, 0) is 11.1 Å². The molecule has 0 aliphatic carbocycles. The van der Waals surface area contributed by atoms with Gasteiger partial charge in [0.1, 0.15) is 0 Å². The Morgan fingerprint density at radius 3 is 2.29 bits per heavy atom. The third-order valence-corrected chi connectivity index (χ3v) is 3.35. The lowest BCUT2D eigenvalue weighted by atomic mass is 9.90. The highest BCUT2D eigenvalue weighted by Gasteiger charge is 2.15. The Morgan fingerprint density at radius 1 is 1.21 bits per heavy atom. The fraction of sp³-hybridized carbons (Fsp3) is 0.455. The van der Waals surface area contributed by atoms with E-state index >= 15 is 0 Å². The minimum atomic E-state index is -1.88. The number of hydrogen-bond donors (Lipinski definition) is 1. The van der Waals surface area contributed by atoms with Gasteiger partial charge in [-0.05, 0) is 23.5 Å². The van der Waals surface area contributed by atoms with E-state index in [1.54, 1.807) is 12.1 Å². The van der Waals surface area contributed by atoms with Gasteiger partial charge in [0.15, 0.2) is 11.1 Å². The highest BCUT2D eigenvalue weighted by atomic mass is 32.2. The van der Waals surface area contributed by atoms with E-state index in [1.807, 2.05) is 12.1 Å². The molecule has 0 fully saturated rings. The van der Waals surface area contributed by atoms with E-state index in [4.69, 9.17) is 4.55 Å². The molecule has 0 saturated heterocycles. The first kappa shape index (κ1) is 11.4. The summed E-state index contributed by atoms with van der Waals surface area (Å²) in [4.78, 5) is 0.536. The lowest BCUT2D eigenvalue weighted by Gasteiger charge is -2.17. The number of hydrogen-bond acceptors (Lipinski definition) is 1. The normalized spacial score (nSPS) is 15.5. The maximum absolute atomic E-state index is 11.1. The molecule has 0 amide bonds. The van der Waals surface area contributed by atoms with Gasteiger partial charge in [-0.15, -0.1) is 0 Å². The summed E-state index contributed by atoms with van der Waals surface area (Å²) in [6.07, 6.45) is 0. The Balaban J connectivity index is 3.13. The fourth-order valence-corrected chi connectivity index (χ4v) is 2.03. The van der Waals surface area contributed by atoms with Crippen molar-refractivity contribution in [2.75, 3.05) is 0 Å². The molecular weight excluding hydrogens is 196 g/mol. The Hall–Kier alpha value is -0.670. The van der Waals surface area contributed by atoms with Gasteiger partial charge in [-0.25, -0.2) is 4.21 Å². The Labute approximate surface area is 87.6 Å². The highest BCUT2D eigenvalue weighted by Crippen LogP contribution is 2.27. The van der Waals surface area contributed by atoms with E-state index in [9.17, 15) is 4.21 Å². The van der Waals surface area contributed by atoms with Crippen LogP contribution in [0.4, 0.5) is 0 Å². The summed E-state index contributed by atoms with van der Waals surface area (Å²) < 4.78 is 20.2. The van der Waals surface area contributed by atoms with Crippen molar-refractivity contribution in [3.05, 3.63) is 29.8 Å². The van der Waals surface area contributed by atoms with Crippen LogP contribution in [0.25, 0.3) is 0 Å². The van der Waals surface area contributed by atoms with Gasteiger partial charge in [0, 0.05) is 0 Å². The van der Waals surface area contributed by atoms with Crippen molar-refractivity contribution < 1.29 is 8.76 Å². The predicted molar refractivity (Wildman–Crippen MR) is 58.7 cm³/mol. The molecule has 0 aliphatic heterocycles. The van der Waals surface area contributed by atoms with E-state index in [0.29, 0.717) is 16.7 Å². The molecule has 0 spiro atoms. The van der Waals surface area contributed by atoms with Crippen LogP contribution in [0.15, 0.2) is 29.2 Å². The van der Waals surface area contributed by atoms with Gasteiger partial charge in [0.25, 0.3) is 0 Å². The van der Waals surface area contributed by atoms with Gasteiger partial charge >= 0.3 is 0 Å². The SMILES string of the molecule is CC(C)C(C)c1ccccc1S(=O)O. The van der Waals surface area contributed by atoms with Crippen molar-refractivity contribution in [2.45, 2.75) is 31.6 Å². The van der Waals surface area contributed by atoms with Crippen LogP contribution in [0.1, 0.15) is 32.3 Å². The minimum absolute atomic E-state index is 0.308. The van der Waals surface area contributed by atoms with Gasteiger partial charge in [-0.1, -0.05) is 39.0 Å². The lowest BCUT2D eigenvalue weighted by molar-refractivity contribution is 0.520. The van der Waals surface area contributed by atoms with Crippen LogP contribution < -0.4 is 0 Å². The summed E-state index contributed by atoms with van der Waals surface area (Å²) in [7, 11) is 0. The van der Waals surface area contributed by atoms with Crippen LogP contribution in [-0.4, -0.2) is 8.76 Å². The molecule has 78 valence electrons. The summed E-state index contributed by atoms with van der Waals surface area (Å²) in [6.45, 7) is 6.31. The molecule has 0 saturated carbocycles. The monoisotopic (exact) mass is 212 g/mol. The molecule has 0 heterocycles. The molecule has 2 unspecified atom stereocenters. The minimum Gasteiger partial charge on any atom is -0.302 e. The maximum atomic E-state index is 11.1. The van der Waals surface area contributed by atoms with Crippen molar-refractivity contribution >= 4 is 11.1 Å². The van der Waals surface area contributed by atoms with E-state index in [1.165, 1.54) is 0 Å². The topological polar surface area (TPSA) is 37.3 Å². The molecular formula is C11H16O2S. The first-order valence-corrected chi connectivity index (χ1v) is 5.84. The Morgan fingerprint density at radius 2 is 1.79 bits per heavy atom. The van der Waals surface area contributed by atoms with Crippen LogP contribution in [0, 0.1) is 5.92 Å². The molecule has 14 heavy (non-hydrogen) atoms. The standard InChI is InChI=1S/C11H16O2S/c1-8(2)9(3)10-6-4-5-7-11(10)14(12)13/h4-9H,1-3H3,(H,12,13). The van der Waals surface area contributed by atoms with Crippen molar-refractivity contribution in [3.8, 4) is 0 Å². The first-order chi connectivity index (χ1) is 6.54. The molecule has 1 aromatic carbocycles. The fourth-order valence-electron chi connectivity index (χ4n) is 1.37. The molecule has 0 bridgehead atoms. The molecule has 2 nitrogen and oxygen atoms in total. The van der Waals surface area contributed by atoms with Crippen molar-refractivity contribution in [3.63, 3.8) is 0 Å². The van der Waals surface area contributed by atoms with Crippen molar-refractivity contribution in [1.29, 1.82) is 0 Å². The second kappa shape index (κ2) is 4.71. The Bertz CT molecular complexity index is 334. The van der Waals surface area contributed by atoms with Crippen LogP contribution in [0.2, 0.25) is 0 Å². The van der Waals surface area contributed by atoms with E-state index in [0.717, 1.165) is 5.56 Å². The zero-order valence-electron chi connectivity index (χ0n) is 8.73. The largest absolute Gasteiger partial charge is 0.302 e. The molecule has 3 heteroatoms. The summed E-state index contributed by atoms with van der Waals surface area (Å²) in [5.41, 5.74) is 0.975. The van der Waals surface area contributed by atoms with E-state index in [-0.39, 0.29) is 0 Å². The zero-order chi connectivity index (χ0) is 10.7. The summed E-state index contributed by atoms with van der Waals surface area (Å²) >= 11 is -1.88. The average molecular weight is 212 g/mol. The molecule has 1 N–H and O–H groups in total. The summed E-state index contributed by atoms with van der Waals surface area (Å²) in [5, 5.41) is 0. The van der Waals surface area contributed by atoms with Crippen LogP contribution in [0.3, 0.4) is 0 Å². The third kappa shape index (κ3) is 2.42. The molecule has 1 rings (SSSR count). The van der Waals surface area contributed by atoms with Crippen LogP contribution >= 0.6 is 0 Å². The summed E-state index contributed by atoms with van der Waals surface area (Å²) in [6, 6.07) is 7.34. The number of rotatable bonds is 3. The average Bonchev–Trinajstić information content (AvgIpc) is 2.16. The predicted octanol–water partition coefficient (Wildman–Crippen LogP) is 3.03. The van der Waals surface area contributed by atoms with E-state index in [2.05, 4.69) is 20.8 Å². The number of benzene rings is 1. The molecule has 0 radical (unpaired) electrons. The molecule has 0 aliphatic rings. The second-order valence-electron chi connectivity index (χ2n) is 3.82. The van der Waals surface area contributed by atoms with Gasteiger partial charge in [-0.2, -0.15) is 0 Å². The van der Waals surface area contributed by atoms with Crippen molar-refractivity contribution in [2.24, 2.45) is 5.92 Å².